The minimum atomic E-state index is 0.0693. The average Bonchev–Trinajstić information content (AvgIpc) is 2.35. The van der Waals surface area contributed by atoms with Crippen molar-refractivity contribution in [2.24, 2.45) is 0 Å². The van der Waals surface area contributed by atoms with Crippen molar-refractivity contribution in [3.05, 3.63) is 17.2 Å². The van der Waals surface area contributed by atoms with Crippen LogP contribution in [-0.2, 0) is 13.0 Å². The first kappa shape index (κ1) is 13.0. The third kappa shape index (κ3) is 2.12. The summed E-state index contributed by atoms with van der Waals surface area (Å²) in [5, 5.41) is 3.50. The highest BCUT2D eigenvalue weighted by Crippen LogP contribution is 2.42. The van der Waals surface area contributed by atoms with Crippen molar-refractivity contribution in [3.63, 3.8) is 0 Å². The molecule has 4 heteroatoms. The van der Waals surface area contributed by atoms with Crippen LogP contribution in [0.1, 0.15) is 25.0 Å². The average molecular weight is 251 g/mol. The fourth-order valence-electron chi connectivity index (χ4n) is 2.48. The summed E-state index contributed by atoms with van der Waals surface area (Å²) in [6, 6.07) is 1.90. The maximum absolute atomic E-state index is 5.48. The van der Waals surface area contributed by atoms with Gasteiger partial charge in [-0.05, 0) is 20.3 Å². The molecular formula is C14H21NO3. The van der Waals surface area contributed by atoms with Gasteiger partial charge in [-0.2, -0.15) is 0 Å². The normalized spacial score (nSPS) is 16.9. The van der Waals surface area contributed by atoms with Crippen molar-refractivity contribution in [3.8, 4) is 17.2 Å². The van der Waals surface area contributed by atoms with Crippen LogP contribution < -0.4 is 19.5 Å². The predicted molar refractivity (Wildman–Crippen MR) is 70.7 cm³/mol. The fraction of sp³-hybridized carbons (Fsp3) is 0.571. The summed E-state index contributed by atoms with van der Waals surface area (Å²) in [4.78, 5) is 0. The Bertz CT molecular complexity index is 455. The molecule has 0 aliphatic carbocycles. The first-order valence-corrected chi connectivity index (χ1v) is 6.08. The number of fused-ring (bicyclic) bond motifs is 1. The second-order valence-electron chi connectivity index (χ2n) is 5.19. The lowest BCUT2D eigenvalue weighted by Crippen LogP contribution is -2.44. The zero-order chi connectivity index (χ0) is 13.3. The smallest absolute Gasteiger partial charge is 0.165 e. The predicted octanol–water partition coefficient (Wildman–Crippen LogP) is 2.14. The van der Waals surface area contributed by atoms with Gasteiger partial charge in [-0.15, -0.1) is 0 Å². The summed E-state index contributed by atoms with van der Waals surface area (Å²) in [7, 11) is 5.00. The fourth-order valence-corrected chi connectivity index (χ4v) is 2.48. The second kappa shape index (κ2) is 4.69. The number of hydrogen-bond donors (Lipinski definition) is 1. The molecule has 1 aliphatic heterocycles. The van der Waals surface area contributed by atoms with Gasteiger partial charge in [-0.3, -0.25) is 0 Å². The third-order valence-electron chi connectivity index (χ3n) is 3.43. The maximum Gasteiger partial charge on any atom is 0.165 e. The van der Waals surface area contributed by atoms with Gasteiger partial charge in [0.1, 0.15) is 5.75 Å². The van der Waals surface area contributed by atoms with Gasteiger partial charge in [0.05, 0.1) is 21.3 Å². The third-order valence-corrected chi connectivity index (χ3v) is 3.43. The molecule has 1 aromatic rings. The van der Waals surface area contributed by atoms with Crippen molar-refractivity contribution in [2.45, 2.75) is 32.4 Å². The Morgan fingerprint density at radius 1 is 1.00 bits per heavy atom. The van der Waals surface area contributed by atoms with E-state index in [0.717, 1.165) is 35.8 Å². The van der Waals surface area contributed by atoms with Crippen molar-refractivity contribution in [1.82, 2.24) is 5.32 Å². The summed E-state index contributed by atoms with van der Waals surface area (Å²) in [6.45, 7) is 5.14. The number of benzene rings is 1. The van der Waals surface area contributed by atoms with Crippen molar-refractivity contribution >= 4 is 0 Å². The van der Waals surface area contributed by atoms with Gasteiger partial charge < -0.3 is 19.5 Å². The van der Waals surface area contributed by atoms with E-state index in [2.05, 4.69) is 19.2 Å². The summed E-state index contributed by atoms with van der Waals surface area (Å²) in [6.07, 6.45) is 0.909. The number of ether oxygens (including phenoxy) is 3. The summed E-state index contributed by atoms with van der Waals surface area (Å²) in [5.41, 5.74) is 2.41. The van der Waals surface area contributed by atoms with E-state index >= 15 is 0 Å². The van der Waals surface area contributed by atoms with E-state index < -0.39 is 0 Å². The Kier molecular flexibility index (Phi) is 3.39. The number of methoxy groups -OCH3 is 3. The highest BCUT2D eigenvalue weighted by atomic mass is 16.5. The Morgan fingerprint density at radius 3 is 2.22 bits per heavy atom. The highest BCUT2D eigenvalue weighted by Gasteiger charge is 2.30. The molecule has 0 spiro atoms. The minimum absolute atomic E-state index is 0.0693. The van der Waals surface area contributed by atoms with E-state index in [1.165, 1.54) is 5.56 Å². The number of hydrogen-bond acceptors (Lipinski definition) is 4. The lowest BCUT2D eigenvalue weighted by molar-refractivity contribution is 0.315. The van der Waals surface area contributed by atoms with Crippen LogP contribution in [0.3, 0.4) is 0 Å². The van der Waals surface area contributed by atoms with E-state index in [1.807, 2.05) is 6.07 Å². The molecule has 0 atom stereocenters. The Morgan fingerprint density at radius 2 is 1.67 bits per heavy atom. The summed E-state index contributed by atoms with van der Waals surface area (Å²) >= 11 is 0. The van der Waals surface area contributed by atoms with Gasteiger partial charge in [-0.1, -0.05) is 0 Å². The van der Waals surface area contributed by atoms with Crippen molar-refractivity contribution in [1.29, 1.82) is 0 Å². The molecule has 0 radical (unpaired) electrons. The minimum Gasteiger partial charge on any atom is -0.496 e. The van der Waals surface area contributed by atoms with Gasteiger partial charge in [0.25, 0.3) is 0 Å². The van der Waals surface area contributed by atoms with Gasteiger partial charge in [0.15, 0.2) is 11.5 Å². The van der Waals surface area contributed by atoms with E-state index in [4.69, 9.17) is 14.2 Å². The van der Waals surface area contributed by atoms with Crippen LogP contribution in [0.4, 0.5) is 0 Å². The lowest BCUT2D eigenvalue weighted by atomic mass is 9.86. The Labute approximate surface area is 108 Å². The number of rotatable bonds is 3. The number of nitrogens with one attached hydrogen (secondary N) is 1. The molecule has 0 fully saturated rings. The van der Waals surface area contributed by atoms with Gasteiger partial charge >= 0.3 is 0 Å². The highest BCUT2D eigenvalue weighted by molar-refractivity contribution is 5.58. The standard InChI is InChI=1S/C14H21NO3/c1-14(2)7-9-10(8-15-14)13(18-5)12(17-4)6-11(9)16-3/h6,15H,7-8H2,1-5H3. The molecule has 0 bridgehead atoms. The van der Waals surface area contributed by atoms with Crippen molar-refractivity contribution in [2.75, 3.05) is 21.3 Å². The molecule has 0 saturated heterocycles. The quantitative estimate of drug-likeness (QED) is 0.893. The molecule has 0 saturated carbocycles. The second-order valence-corrected chi connectivity index (χ2v) is 5.19. The molecule has 0 amide bonds. The molecule has 1 aliphatic rings. The molecule has 1 N–H and O–H groups in total. The van der Waals surface area contributed by atoms with Crippen LogP contribution >= 0.6 is 0 Å². The summed E-state index contributed by atoms with van der Waals surface area (Å²) in [5.74, 6) is 2.39. The molecule has 0 unspecified atom stereocenters. The molecule has 1 aromatic carbocycles. The van der Waals surface area contributed by atoms with Gasteiger partial charge in [0.2, 0.25) is 0 Å². The van der Waals surface area contributed by atoms with Crippen LogP contribution in [0.25, 0.3) is 0 Å². The van der Waals surface area contributed by atoms with Crippen LogP contribution in [0.15, 0.2) is 6.07 Å². The first-order chi connectivity index (χ1) is 8.52. The Hall–Kier alpha value is -1.42. The maximum atomic E-state index is 5.48. The topological polar surface area (TPSA) is 39.7 Å². The molecule has 100 valence electrons. The molecule has 1 heterocycles. The molecule has 18 heavy (non-hydrogen) atoms. The Balaban J connectivity index is 2.60. The zero-order valence-electron chi connectivity index (χ0n) is 11.7. The zero-order valence-corrected chi connectivity index (χ0v) is 11.7. The lowest BCUT2D eigenvalue weighted by Gasteiger charge is -2.34. The van der Waals surface area contributed by atoms with Crippen LogP contribution in [0.5, 0.6) is 17.2 Å². The van der Waals surface area contributed by atoms with Crippen LogP contribution in [-0.4, -0.2) is 26.9 Å². The molecule has 4 nitrogen and oxygen atoms in total. The van der Waals surface area contributed by atoms with Crippen LogP contribution in [0.2, 0.25) is 0 Å². The molecule has 0 aromatic heterocycles. The largest absolute Gasteiger partial charge is 0.496 e. The van der Waals surface area contributed by atoms with Crippen molar-refractivity contribution < 1.29 is 14.2 Å². The van der Waals surface area contributed by atoms with Crippen LogP contribution in [0, 0.1) is 0 Å². The van der Waals surface area contributed by atoms with Gasteiger partial charge in [0, 0.05) is 29.3 Å². The molecule has 2 rings (SSSR count). The van der Waals surface area contributed by atoms with E-state index in [9.17, 15) is 0 Å². The molecular weight excluding hydrogens is 230 g/mol. The van der Waals surface area contributed by atoms with E-state index in [-0.39, 0.29) is 5.54 Å². The SMILES string of the molecule is COc1cc(OC)c(OC)c2c1CC(C)(C)NC2. The van der Waals surface area contributed by atoms with E-state index in [1.54, 1.807) is 21.3 Å². The monoisotopic (exact) mass is 251 g/mol. The van der Waals surface area contributed by atoms with E-state index in [0.29, 0.717) is 0 Å². The summed E-state index contributed by atoms with van der Waals surface area (Å²) < 4.78 is 16.3. The first-order valence-electron chi connectivity index (χ1n) is 6.08. The van der Waals surface area contributed by atoms with Gasteiger partial charge in [-0.25, -0.2) is 0 Å².